The SMILES string of the molecule is C[C@@H]1C[C@H](C)CN(c2ncc3c(n2)C[C@@H](C)CC3=O)C1. The highest BCUT2D eigenvalue weighted by atomic mass is 16.1. The summed E-state index contributed by atoms with van der Waals surface area (Å²) >= 11 is 0. The van der Waals surface area contributed by atoms with Crippen LogP contribution in [-0.4, -0.2) is 28.8 Å². The normalized spacial score (nSPS) is 30.2. The summed E-state index contributed by atoms with van der Waals surface area (Å²) < 4.78 is 0. The Labute approximate surface area is 120 Å². The summed E-state index contributed by atoms with van der Waals surface area (Å²) in [7, 11) is 0. The molecule has 2 aliphatic rings. The van der Waals surface area contributed by atoms with E-state index < -0.39 is 0 Å². The Kier molecular flexibility index (Phi) is 3.48. The molecule has 0 amide bonds. The van der Waals surface area contributed by atoms with E-state index in [1.54, 1.807) is 6.20 Å². The molecule has 1 aromatic rings. The predicted molar refractivity (Wildman–Crippen MR) is 79.0 cm³/mol. The van der Waals surface area contributed by atoms with E-state index in [9.17, 15) is 4.79 Å². The summed E-state index contributed by atoms with van der Waals surface area (Å²) in [5.41, 5.74) is 1.69. The molecule has 0 radical (unpaired) electrons. The maximum atomic E-state index is 12.0. The number of rotatable bonds is 1. The molecule has 20 heavy (non-hydrogen) atoms. The third kappa shape index (κ3) is 2.56. The van der Waals surface area contributed by atoms with E-state index in [0.29, 0.717) is 24.2 Å². The number of piperidine rings is 1. The zero-order chi connectivity index (χ0) is 14.3. The lowest BCUT2D eigenvalue weighted by Gasteiger charge is -2.35. The van der Waals surface area contributed by atoms with Crippen LogP contribution in [0.4, 0.5) is 5.95 Å². The molecule has 0 N–H and O–H groups in total. The molecule has 0 spiro atoms. The molecule has 1 aliphatic heterocycles. The minimum atomic E-state index is 0.200. The molecule has 1 aromatic heterocycles. The standard InChI is InChI=1S/C16H23N3O/c1-10-5-14-13(15(20)6-10)7-17-16(18-14)19-8-11(2)4-12(3)9-19/h7,10-12H,4-6,8-9H2,1-3H3/t10-,11-,12+/m1/s1. The second kappa shape index (κ2) is 5.15. The second-order valence-electron chi connectivity index (χ2n) is 6.82. The lowest BCUT2D eigenvalue weighted by Crippen LogP contribution is -2.40. The number of carbonyl (C=O) groups excluding carboxylic acids is 1. The summed E-state index contributed by atoms with van der Waals surface area (Å²) in [6, 6.07) is 0. The van der Waals surface area contributed by atoms with Gasteiger partial charge < -0.3 is 4.90 Å². The van der Waals surface area contributed by atoms with Gasteiger partial charge >= 0.3 is 0 Å². The number of carbonyl (C=O) groups is 1. The molecule has 3 rings (SSSR count). The van der Waals surface area contributed by atoms with Gasteiger partial charge in [0, 0.05) is 25.7 Å². The predicted octanol–water partition coefficient (Wildman–Crippen LogP) is 2.72. The van der Waals surface area contributed by atoms with Gasteiger partial charge in [0.1, 0.15) is 0 Å². The molecule has 4 nitrogen and oxygen atoms in total. The Hall–Kier alpha value is -1.45. The highest BCUT2D eigenvalue weighted by molar-refractivity contribution is 5.98. The lowest BCUT2D eigenvalue weighted by molar-refractivity contribution is 0.0951. The Morgan fingerprint density at radius 2 is 1.80 bits per heavy atom. The van der Waals surface area contributed by atoms with Gasteiger partial charge in [-0.15, -0.1) is 0 Å². The summed E-state index contributed by atoms with van der Waals surface area (Å²) in [5, 5.41) is 0. The molecule has 3 atom stereocenters. The Morgan fingerprint density at radius 1 is 1.10 bits per heavy atom. The van der Waals surface area contributed by atoms with Crippen LogP contribution in [0.2, 0.25) is 0 Å². The molecule has 0 saturated carbocycles. The fourth-order valence-electron chi connectivity index (χ4n) is 3.60. The van der Waals surface area contributed by atoms with Crippen LogP contribution in [0, 0.1) is 17.8 Å². The Balaban J connectivity index is 1.88. The molecule has 108 valence electrons. The first-order valence-corrected chi connectivity index (χ1v) is 7.67. The molecule has 1 aliphatic carbocycles. The van der Waals surface area contributed by atoms with Gasteiger partial charge in [-0.25, -0.2) is 9.97 Å². The summed E-state index contributed by atoms with van der Waals surface area (Å²) in [6.07, 6.45) is 4.55. The van der Waals surface area contributed by atoms with Crippen LogP contribution in [0.3, 0.4) is 0 Å². The van der Waals surface area contributed by atoms with Crippen molar-refractivity contribution < 1.29 is 4.79 Å². The van der Waals surface area contributed by atoms with E-state index in [4.69, 9.17) is 4.98 Å². The van der Waals surface area contributed by atoms with E-state index >= 15 is 0 Å². The average molecular weight is 273 g/mol. The number of fused-ring (bicyclic) bond motifs is 1. The fourth-order valence-corrected chi connectivity index (χ4v) is 3.60. The Bertz CT molecular complexity index is 518. The van der Waals surface area contributed by atoms with Gasteiger partial charge in [0.05, 0.1) is 11.3 Å². The van der Waals surface area contributed by atoms with E-state index in [1.165, 1.54) is 6.42 Å². The topological polar surface area (TPSA) is 46.1 Å². The van der Waals surface area contributed by atoms with Crippen LogP contribution in [0.1, 0.15) is 49.7 Å². The van der Waals surface area contributed by atoms with E-state index in [-0.39, 0.29) is 5.78 Å². The third-order valence-electron chi connectivity index (χ3n) is 4.38. The van der Waals surface area contributed by atoms with Crippen molar-refractivity contribution >= 4 is 11.7 Å². The monoisotopic (exact) mass is 273 g/mol. The van der Waals surface area contributed by atoms with Crippen LogP contribution < -0.4 is 4.90 Å². The number of nitrogens with zero attached hydrogens (tertiary/aromatic N) is 3. The van der Waals surface area contributed by atoms with Crippen LogP contribution in [0.25, 0.3) is 0 Å². The van der Waals surface area contributed by atoms with Gasteiger partial charge in [0.2, 0.25) is 5.95 Å². The van der Waals surface area contributed by atoms with E-state index in [2.05, 4.69) is 30.7 Å². The first-order chi connectivity index (χ1) is 9.52. The van der Waals surface area contributed by atoms with Gasteiger partial charge in [-0.1, -0.05) is 20.8 Å². The Morgan fingerprint density at radius 3 is 2.50 bits per heavy atom. The molecule has 2 heterocycles. The molecule has 0 bridgehead atoms. The van der Waals surface area contributed by atoms with Crippen LogP contribution in [0.15, 0.2) is 6.20 Å². The van der Waals surface area contributed by atoms with Crippen molar-refractivity contribution in [2.75, 3.05) is 18.0 Å². The zero-order valence-corrected chi connectivity index (χ0v) is 12.6. The summed E-state index contributed by atoms with van der Waals surface area (Å²) in [4.78, 5) is 23.4. The third-order valence-corrected chi connectivity index (χ3v) is 4.38. The molecular weight excluding hydrogens is 250 g/mol. The smallest absolute Gasteiger partial charge is 0.225 e. The van der Waals surface area contributed by atoms with Crippen molar-refractivity contribution in [2.24, 2.45) is 17.8 Å². The van der Waals surface area contributed by atoms with Crippen LogP contribution in [-0.2, 0) is 6.42 Å². The van der Waals surface area contributed by atoms with Gasteiger partial charge in [-0.2, -0.15) is 0 Å². The molecular formula is C16H23N3O. The van der Waals surface area contributed by atoms with Crippen molar-refractivity contribution in [3.8, 4) is 0 Å². The maximum Gasteiger partial charge on any atom is 0.225 e. The number of Topliss-reactive ketones (excluding diaryl/α,β-unsaturated/α-hetero) is 1. The van der Waals surface area contributed by atoms with Crippen molar-refractivity contribution in [1.29, 1.82) is 0 Å². The average Bonchev–Trinajstić information content (AvgIpc) is 2.36. The number of ketones is 1. The minimum Gasteiger partial charge on any atom is -0.340 e. The number of aromatic nitrogens is 2. The van der Waals surface area contributed by atoms with Crippen molar-refractivity contribution in [2.45, 2.75) is 40.0 Å². The van der Waals surface area contributed by atoms with E-state index in [1.807, 2.05) is 0 Å². The summed E-state index contributed by atoms with van der Waals surface area (Å²) in [6.45, 7) is 8.73. The lowest BCUT2D eigenvalue weighted by atomic mass is 9.88. The molecule has 1 saturated heterocycles. The van der Waals surface area contributed by atoms with Crippen molar-refractivity contribution in [3.05, 3.63) is 17.5 Å². The molecule has 0 aromatic carbocycles. The minimum absolute atomic E-state index is 0.200. The number of hydrogen-bond donors (Lipinski definition) is 0. The van der Waals surface area contributed by atoms with Gasteiger partial charge in [0.15, 0.2) is 5.78 Å². The quantitative estimate of drug-likeness (QED) is 0.789. The first kappa shape index (κ1) is 13.5. The number of anilines is 1. The second-order valence-corrected chi connectivity index (χ2v) is 6.82. The van der Waals surface area contributed by atoms with Crippen LogP contribution >= 0.6 is 0 Å². The molecule has 0 unspecified atom stereocenters. The van der Waals surface area contributed by atoms with E-state index in [0.717, 1.165) is 36.7 Å². The van der Waals surface area contributed by atoms with Gasteiger partial charge in [-0.05, 0) is 30.6 Å². The highest BCUT2D eigenvalue weighted by Gasteiger charge is 2.27. The summed E-state index contributed by atoms with van der Waals surface area (Å²) in [5.74, 6) is 2.77. The molecule has 4 heteroatoms. The molecule has 1 fully saturated rings. The number of hydrogen-bond acceptors (Lipinski definition) is 4. The zero-order valence-electron chi connectivity index (χ0n) is 12.6. The van der Waals surface area contributed by atoms with Gasteiger partial charge in [0.25, 0.3) is 0 Å². The van der Waals surface area contributed by atoms with Gasteiger partial charge in [-0.3, -0.25) is 4.79 Å². The largest absolute Gasteiger partial charge is 0.340 e. The highest BCUT2D eigenvalue weighted by Crippen LogP contribution is 2.27. The van der Waals surface area contributed by atoms with Crippen molar-refractivity contribution in [1.82, 2.24) is 9.97 Å². The first-order valence-electron chi connectivity index (χ1n) is 7.67. The van der Waals surface area contributed by atoms with Crippen molar-refractivity contribution in [3.63, 3.8) is 0 Å². The fraction of sp³-hybridized carbons (Fsp3) is 0.688. The maximum absolute atomic E-state index is 12.0. The van der Waals surface area contributed by atoms with Crippen LogP contribution in [0.5, 0.6) is 0 Å².